The summed E-state index contributed by atoms with van der Waals surface area (Å²) < 4.78 is 0. The highest BCUT2D eigenvalue weighted by atomic mass is 16.1. The average Bonchev–Trinajstić information content (AvgIpc) is 3.16. The second kappa shape index (κ2) is 6.34. The van der Waals surface area contributed by atoms with Gasteiger partial charge in [0.15, 0.2) is 0 Å². The molecule has 0 saturated carbocycles. The van der Waals surface area contributed by atoms with Crippen molar-refractivity contribution in [3.8, 4) is 11.1 Å². The van der Waals surface area contributed by atoms with E-state index in [0.29, 0.717) is 5.56 Å². The van der Waals surface area contributed by atoms with Crippen LogP contribution in [0.3, 0.4) is 0 Å². The highest BCUT2D eigenvalue weighted by Gasteiger charge is 2.31. The van der Waals surface area contributed by atoms with Gasteiger partial charge in [0.1, 0.15) is 0 Å². The first-order chi connectivity index (χ1) is 13.1. The molecule has 0 aliphatic heterocycles. The number of allylic oxidation sites excluding steroid dienone is 1. The predicted octanol–water partition coefficient (Wildman–Crippen LogP) is 6.14. The molecule has 0 atom stereocenters. The molecule has 1 N–H and O–H groups in total. The van der Waals surface area contributed by atoms with Crippen molar-refractivity contribution in [3.63, 3.8) is 0 Å². The van der Waals surface area contributed by atoms with E-state index in [0.717, 1.165) is 36.8 Å². The molecule has 2 bridgehead atoms. The molecule has 2 aliphatic carbocycles. The standard InChI is InChI=1S/C26H30NO/c1-7-16-10-17-12-18(26(4,5)6)13-22(21(17)11-16)23-15(3)19-8-9-20(14(19)2)24(23)25(27)28/h10,12-13,27H,7-9,11H2,1-6H3. The highest BCUT2D eigenvalue weighted by molar-refractivity contribution is 6.04. The van der Waals surface area contributed by atoms with E-state index in [9.17, 15) is 4.79 Å². The van der Waals surface area contributed by atoms with E-state index in [4.69, 9.17) is 5.73 Å². The van der Waals surface area contributed by atoms with Gasteiger partial charge in [0, 0.05) is 0 Å². The Labute approximate surface area is 168 Å². The zero-order valence-electron chi connectivity index (χ0n) is 18.0. The number of carbonyl (C=O) groups is 1. The van der Waals surface area contributed by atoms with Crippen molar-refractivity contribution in [1.29, 1.82) is 0 Å². The van der Waals surface area contributed by atoms with E-state index < -0.39 is 5.91 Å². The second-order valence-corrected chi connectivity index (χ2v) is 9.46. The van der Waals surface area contributed by atoms with Gasteiger partial charge in [-0.2, -0.15) is 0 Å². The first-order valence-electron chi connectivity index (χ1n) is 10.4. The van der Waals surface area contributed by atoms with E-state index in [2.05, 4.69) is 59.8 Å². The Morgan fingerprint density at radius 2 is 1.71 bits per heavy atom. The fourth-order valence-corrected chi connectivity index (χ4v) is 5.07. The van der Waals surface area contributed by atoms with Crippen molar-refractivity contribution >= 4 is 12.0 Å². The number of nitrogens with one attached hydrogen (secondary N) is 1. The van der Waals surface area contributed by atoms with E-state index in [-0.39, 0.29) is 5.41 Å². The van der Waals surface area contributed by atoms with E-state index >= 15 is 0 Å². The Morgan fingerprint density at radius 1 is 1.04 bits per heavy atom. The van der Waals surface area contributed by atoms with Gasteiger partial charge in [-0.1, -0.05) is 51.5 Å². The molecule has 145 valence electrons. The van der Waals surface area contributed by atoms with Crippen LogP contribution < -0.4 is 5.73 Å². The Balaban J connectivity index is 2.08. The number of fused-ring (bicyclic) bond motifs is 3. The summed E-state index contributed by atoms with van der Waals surface area (Å²) in [6.45, 7) is 13.2. The minimum Gasteiger partial charge on any atom is -0.267 e. The van der Waals surface area contributed by atoms with Gasteiger partial charge in [0.05, 0.1) is 5.56 Å². The van der Waals surface area contributed by atoms with Crippen molar-refractivity contribution in [1.82, 2.24) is 5.73 Å². The summed E-state index contributed by atoms with van der Waals surface area (Å²) in [5, 5.41) is 0. The normalized spacial score (nSPS) is 15.0. The molecule has 1 radical (unpaired) electrons. The van der Waals surface area contributed by atoms with Crippen LogP contribution in [0, 0.1) is 13.8 Å². The van der Waals surface area contributed by atoms with Gasteiger partial charge in [-0.15, -0.1) is 0 Å². The SMILES string of the molecule is CCC1=Cc2cc(C(C)(C)C)cc(-c3c(C)c4c(C)c(c3C([NH])=O)CC4)c2C1. The minimum atomic E-state index is -0.541. The third kappa shape index (κ3) is 2.73. The maximum absolute atomic E-state index is 12.5. The summed E-state index contributed by atoms with van der Waals surface area (Å²) >= 11 is 0. The lowest BCUT2D eigenvalue weighted by atomic mass is 9.80. The Morgan fingerprint density at radius 3 is 2.32 bits per heavy atom. The number of hydrogen-bond acceptors (Lipinski definition) is 1. The molecule has 0 heterocycles. The quantitative estimate of drug-likeness (QED) is 0.638. The Bertz CT molecular complexity index is 1050. The Hall–Kier alpha value is -2.35. The van der Waals surface area contributed by atoms with Gasteiger partial charge in [0.25, 0.3) is 5.91 Å². The summed E-state index contributed by atoms with van der Waals surface area (Å²) in [4.78, 5) is 12.5. The molecule has 0 fully saturated rings. The van der Waals surface area contributed by atoms with Gasteiger partial charge in [-0.05, 0) is 95.0 Å². The van der Waals surface area contributed by atoms with Crippen LogP contribution in [0.1, 0.15) is 83.4 Å². The molecular formula is C26H30NO. The smallest absolute Gasteiger partial charge is 0.267 e. The van der Waals surface area contributed by atoms with Crippen LogP contribution >= 0.6 is 0 Å². The van der Waals surface area contributed by atoms with Crippen molar-refractivity contribution in [3.05, 3.63) is 62.2 Å². The fourth-order valence-electron chi connectivity index (χ4n) is 5.07. The van der Waals surface area contributed by atoms with Crippen molar-refractivity contribution in [2.24, 2.45) is 0 Å². The largest absolute Gasteiger partial charge is 0.270 e. The average molecular weight is 373 g/mol. The van der Waals surface area contributed by atoms with Gasteiger partial charge in [-0.3, -0.25) is 10.5 Å². The molecule has 0 aromatic heterocycles. The van der Waals surface area contributed by atoms with Gasteiger partial charge in [-0.25, -0.2) is 0 Å². The summed E-state index contributed by atoms with van der Waals surface area (Å²) in [6, 6.07) is 4.63. The maximum atomic E-state index is 12.5. The van der Waals surface area contributed by atoms with E-state index in [1.165, 1.54) is 44.5 Å². The first-order valence-corrected chi connectivity index (χ1v) is 10.4. The number of carbonyl (C=O) groups excluding carboxylic acids is 1. The number of amides is 1. The molecule has 28 heavy (non-hydrogen) atoms. The van der Waals surface area contributed by atoms with Crippen LogP contribution in [0.5, 0.6) is 0 Å². The third-order valence-corrected chi connectivity index (χ3v) is 6.77. The fraction of sp³-hybridized carbons (Fsp3) is 0.423. The lowest BCUT2D eigenvalue weighted by molar-refractivity contribution is 0.0992. The molecule has 0 saturated heterocycles. The van der Waals surface area contributed by atoms with Crippen LogP contribution in [-0.2, 0) is 24.7 Å². The monoisotopic (exact) mass is 372 g/mol. The van der Waals surface area contributed by atoms with Crippen LogP contribution in [0.2, 0.25) is 0 Å². The summed E-state index contributed by atoms with van der Waals surface area (Å²) in [5.74, 6) is -0.541. The molecule has 2 heteroatoms. The Kier molecular flexibility index (Phi) is 4.30. The van der Waals surface area contributed by atoms with Gasteiger partial charge < -0.3 is 0 Å². The zero-order valence-corrected chi connectivity index (χ0v) is 18.0. The number of rotatable bonds is 3. The van der Waals surface area contributed by atoms with E-state index in [1.807, 2.05) is 0 Å². The maximum Gasteiger partial charge on any atom is 0.270 e. The molecule has 2 nitrogen and oxygen atoms in total. The molecule has 2 aromatic rings. The van der Waals surface area contributed by atoms with Crippen LogP contribution in [0.15, 0.2) is 17.7 Å². The molecule has 2 aliphatic rings. The van der Waals surface area contributed by atoms with Gasteiger partial charge in [0.2, 0.25) is 0 Å². The van der Waals surface area contributed by atoms with Crippen LogP contribution in [0.25, 0.3) is 17.2 Å². The van der Waals surface area contributed by atoms with Crippen LogP contribution in [-0.4, -0.2) is 5.91 Å². The van der Waals surface area contributed by atoms with Crippen molar-refractivity contribution < 1.29 is 4.79 Å². The van der Waals surface area contributed by atoms with E-state index in [1.54, 1.807) is 0 Å². The molecule has 4 rings (SSSR count). The van der Waals surface area contributed by atoms with Crippen molar-refractivity contribution in [2.75, 3.05) is 0 Å². The molecule has 0 spiro atoms. The summed E-state index contributed by atoms with van der Waals surface area (Å²) in [6.07, 6.45) is 6.22. The molecule has 1 amide bonds. The lowest BCUT2D eigenvalue weighted by Gasteiger charge is -2.24. The number of hydrogen-bond donors (Lipinski definition) is 0. The lowest BCUT2D eigenvalue weighted by Crippen LogP contribution is -2.13. The predicted molar refractivity (Wildman–Crippen MR) is 117 cm³/mol. The zero-order chi connectivity index (χ0) is 20.4. The van der Waals surface area contributed by atoms with Gasteiger partial charge >= 0.3 is 0 Å². The van der Waals surface area contributed by atoms with Crippen LogP contribution in [0.4, 0.5) is 0 Å². The summed E-state index contributed by atoms with van der Waals surface area (Å²) in [7, 11) is 0. The minimum absolute atomic E-state index is 0.0299. The molecular weight excluding hydrogens is 342 g/mol. The highest BCUT2D eigenvalue weighted by Crippen LogP contribution is 2.45. The second-order valence-electron chi connectivity index (χ2n) is 9.46. The third-order valence-electron chi connectivity index (χ3n) is 6.77. The molecule has 0 unspecified atom stereocenters. The number of benzene rings is 2. The first kappa shape index (κ1) is 19.0. The molecule has 2 aromatic carbocycles. The van der Waals surface area contributed by atoms with Crippen molar-refractivity contribution in [2.45, 2.75) is 72.6 Å². The topological polar surface area (TPSA) is 40.9 Å². The summed E-state index contributed by atoms with van der Waals surface area (Å²) in [5.41, 5.74) is 21.2.